The predicted molar refractivity (Wildman–Crippen MR) is 78.3 cm³/mol. The van der Waals surface area contributed by atoms with Crippen molar-refractivity contribution >= 4 is 0 Å². The van der Waals surface area contributed by atoms with Gasteiger partial charge in [0.05, 0.1) is 0 Å². The van der Waals surface area contributed by atoms with E-state index in [2.05, 4.69) is 6.92 Å². The molecule has 0 saturated heterocycles. The fourth-order valence-corrected chi connectivity index (χ4v) is 2.29. The van der Waals surface area contributed by atoms with Crippen molar-refractivity contribution in [3.63, 3.8) is 0 Å². The lowest BCUT2D eigenvalue weighted by Crippen LogP contribution is -2.01. The van der Waals surface area contributed by atoms with E-state index in [4.69, 9.17) is 5.73 Å². The molecule has 0 bridgehead atoms. The van der Waals surface area contributed by atoms with Gasteiger partial charge in [-0.2, -0.15) is 0 Å². The molecular weight excluding hydrogens is 206 g/mol. The second-order valence-electron chi connectivity index (χ2n) is 5.58. The van der Waals surface area contributed by atoms with Crippen LogP contribution in [0.3, 0.4) is 0 Å². The van der Waals surface area contributed by atoms with E-state index >= 15 is 0 Å². The zero-order chi connectivity index (χ0) is 12.8. The zero-order valence-electron chi connectivity index (χ0n) is 12.3. The Hall–Kier alpha value is -0.0400. The van der Waals surface area contributed by atoms with Gasteiger partial charge in [0.1, 0.15) is 0 Å². The number of nitrogens with one attached hydrogen (secondary N) is 1. The molecule has 1 unspecified atom stereocenters. The molecule has 0 amide bonds. The molecule has 0 spiro atoms. The summed E-state index contributed by atoms with van der Waals surface area (Å²) in [6.45, 7) is 4.28. The molecule has 0 aliphatic rings. The van der Waals surface area contributed by atoms with Gasteiger partial charge in [0.15, 0.2) is 0 Å². The third-order valence-electron chi connectivity index (χ3n) is 3.49. The fraction of sp³-hybridized carbons (Fsp3) is 1.00. The maximum Gasteiger partial charge on any atom is 0.0184 e. The summed E-state index contributed by atoms with van der Waals surface area (Å²) in [6.07, 6.45) is 18.0. The minimum absolute atomic E-state index is 0.151. The van der Waals surface area contributed by atoms with Gasteiger partial charge in [0.2, 0.25) is 0 Å². The molecular formula is C16H34N. The summed E-state index contributed by atoms with van der Waals surface area (Å²) in [6, 6.07) is 0.151. The van der Waals surface area contributed by atoms with Gasteiger partial charge in [0, 0.05) is 6.04 Å². The number of hydrogen-bond donors (Lipinski definition) is 0. The summed E-state index contributed by atoms with van der Waals surface area (Å²) < 4.78 is 0. The van der Waals surface area contributed by atoms with Crippen LogP contribution in [0.15, 0.2) is 0 Å². The summed E-state index contributed by atoms with van der Waals surface area (Å²) in [7, 11) is 0. The van der Waals surface area contributed by atoms with Crippen LogP contribution in [0.25, 0.3) is 0 Å². The first-order valence-corrected chi connectivity index (χ1v) is 7.98. The van der Waals surface area contributed by atoms with E-state index in [1.54, 1.807) is 0 Å². The minimum Gasteiger partial charge on any atom is -0.255 e. The van der Waals surface area contributed by atoms with E-state index in [-0.39, 0.29) is 6.04 Å². The van der Waals surface area contributed by atoms with Gasteiger partial charge in [-0.1, -0.05) is 84.0 Å². The van der Waals surface area contributed by atoms with Gasteiger partial charge >= 0.3 is 0 Å². The monoisotopic (exact) mass is 240 g/mol. The smallest absolute Gasteiger partial charge is 0.0184 e. The van der Waals surface area contributed by atoms with E-state index in [0.717, 1.165) is 6.42 Å². The molecule has 0 aromatic rings. The van der Waals surface area contributed by atoms with Crippen LogP contribution in [0.4, 0.5) is 0 Å². The van der Waals surface area contributed by atoms with Crippen molar-refractivity contribution in [3.8, 4) is 0 Å². The summed E-state index contributed by atoms with van der Waals surface area (Å²) in [5.74, 6) is 0. The standard InChI is InChI=1S/C16H34N/c1-3-4-5-6-7-8-9-10-11-12-13-14-15-16(2)17/h16-17H,3-15H2,1-2H3. The third-order valence-corrected chi connectivity index (χ3v) is 3.49. The number of unbranched alkanes of at least 4 members (excludes halogenated alkanes) is 11. The van der Waals surface area contributed by atoms with Crippen LogP contribution in [-0.4, -0.2) is 6.04 Å². The maximum absolute atomic E-state index is 7.42. The van der Waals surface area contributed by atoms with Crippen LogP contribution in [0.5, 0.6) is 0 Å². The molecule has 1 N–H and O–H groups in total. The van der Waals surface area contributed by atoms with Crippen LogP contribution in [0.2, 0.25) is 0 Å². The van der Waals surface area contributed by atoms with Crippen LogP contribution in [0.1, 0.15) is 97.3 Å². The molecule has 0 fully saturated rings. The van der Waals surface area contributed by atoms with E-state index in [0.29, 0.717) is 0 Å². The van der Waals surface area contributed by atoms with E-state index in [9.17, 15) is 0 Å². The van der Waals surface area contributed by atoms with Crippen LogP contribution in [-0.2, 0) is 0 Å². The summed E-state index contributed by atoms with van der Waals surface area (Å²) in [4.78, 5) is 0. The van der Waals surface area contributed by atoms with Gasteiger partial charge in [-0.15, -0.1) is 0 Å². The topological polar surface area (TPSA) is 23.8 Å². The van der Waals surface area contributed by atoms with E-state index < -0.39 is 0 Å². The summed E-state index contributed by atoms with van der Waals surface area (Å²) >= 11 is 0. The van der Waals surface area contributed by atoms with Crippen LogP contribution < -0.4 is 5.73 Å². The highest BCUT2D eigenvalue weighted by Crippen LogP contribution is 2.12. The van der Waals surface area contributed by atoms with Crippen molar-refractivity contribution in [2.75, 3.05) is 0 Å². The van der Waals surface area contributed by atoms with Crippen molar-refractivity contribution in [1.82, 2.24) is 5.73 Å². The average Bonchev–Trinajstić information content (AvgIpc) is 2.30. The normalized spacial score (nSPS) is 12.9. The van der Waals surface area contributed by atoms with Gasteiger partial charge in [-0.25, -0.2) is 0 Å². The largest absolute Gasteiger partial charge is 0.255 e. The Labute approximate surface area is 110 Å². The average molecular weight is 240 g/mol. The quantitative estimate of drug-likeness (QED) is 0.366. The summed E-state index contributed by atoms with van der Waals surface area (Å²) in [5, 5.41) is 0. The van der Waals surface area contributed by atoms with Crippen molar-refractivity contribution in [2.24, 2.45) is 0 Å². The molecule has 1 heteroatoms. The second kappa shape index (κ2) is 14.0. The molecule has 0 aliphatic heterocycles. The molecule has 0 saturated carbocycles. The third kappa shape index (κ3) is 16.0. The Kier molecular flexibility index (Phi) is 14.0. The molecule has 0 aromatic carbocycles. The number of hydrogen-bond acceptors (Lipinski definition) is 0. The first-order chi connectivity index (χ1) is 8.27. The second-order valence-corrected chi connectivity index (χ2v) is 5.58. The zero-order valence-corrected chi connectivity index (χ0v) is 12.3. The van der Waals surface area contributed by atoms with Crippen molar-refractivity contribution in [1.29, 1.82) is 0 Å². The van der Waals surface area contributed by atoms with Gasteiger partial charge in [-0.3, -0.25) is 5.73 Å². The first kappa shape index (κ1) is 17.0. The Morgan fingerprint density at radius 2 is 1.00 bits per heavy atom. The van der Waals surface area contributed by atoms with E-state index in [1.165, 1.54) is 77.0 Å². The highest BCUT2D eigenvalue weighted by atomic mass is 14.6. The van der Waals surface area contributed by atoms with Gasteiger partial charge in [0.25, 0.3) is 0 Å². The lowest BCUT2D eigenvalue weighted by Gasteiger charge is -2.04. The van der Waals surface area contributed by atoms with Crippen LogP contribution >= 0.6 is 0 Å². The molecule has 17 heavy (non-hydrogen) atoms. The lowest BCUT2D eigenvalue weighted by molar-refractivity contribution is 0.524. The Morgan fingerprint density at radius 3 is 1.35 bits per heavy atom. The van der Waals surface area contributed by atoms with Crippen LogP contribution in [0, 0.1) is 0 Å². The molecule has 0 rings (SSSR count). The molecule has 0 heterocycles. The van der Waals surface area contributed by atoms with Gasteiger partial charge < -0.3 is 0 Å². The first-order valence-electron chi connectivity index (χ1n) is 7.98. The molecule has 103 valence electrons. The van der Waals surface area contributed by atoms with E-state index in [1.807, 2.05) is 6.92 Å². The SMILES string of the molecule is CCCCCCCCCCCCCCC(C)[NH]. The predicted octanol–water partition coefficient (Wildman–Crippen LogP) is 5.75. The molecule has 1 atom stereocenters. The Balaban J connectivity index is 2.89. The maximum atomic E-state index is 7.42. The highest BCUT2D eigenvalue weighted by molar-refractivity contribution is 4.53. The van der Waals surface area contributed by atoms with Gasteiger partial charge in [-0.05, 0) is 13.3 Å². The van der Waals surface area contributed by atoms with Crippen molar-refractivity contribution < 1.29 is 0 Å². The molecule has 1 radical (unpaired) electrons. The number of rotatable bonds is 13. The summed E-state index contributed by atoms with van der Waals surface area (Å²) in [5.41, 5.74) is 7.42. The Bertz CT molecular complexity index is 131. The highest BCUT2D eigenvalue weighted by Gasteiger charge is 1.95. The Morgan fingerprint density at radius 1 is 0.647 bits per heavy atom. The van der Waals surface area contributed by atoms with Crippen molar-refractivity contribution in [3.05, 3.63) is 0 Å². The lowest BCUT2D eigenvalue weighted by atomic mass is 10.0. The fourth-order valence-electron chi connectivity index (χ4n) is 2.29. The molecule has 0 aromatic heterocycles. The van der Waals surface area contributed by atoms with Crippen molar-refractivity contribution in [2.45, 2.75) is 103 Å². The minimum atomic E-state index is 0.151. The molecule has 1 nitrogen and oxygen atoms in total. The molecule has 0 aliphatic carbocycles.